The molecule has 20 heavy (non-hydrogen) atoms. The Bertz CT molecular complexity index is 576. The number of hydrogen-bond donors (Lipinski definition) is 1. The summed E-state index contributed by atoms with van der Waals surface area (Å²) in [6.07, 6.45) is 2.11. The fraction of sp³-hybridized carbons (Fsp3) is 0.357. The average Bonchev–Trinajstić information content (AvgIpc) is 3.17. The van der Waals surface area contributed by atoms with E-state index in [2.05, 4.69) is 15.5 Å². The first-order valence-corrected chi connectivity index (χ1v) is 6.62. The predicted molar refractivity (Wildman–Crippen MR) is 71.0 cm³/mol. The Balaban J connectivity index is 1.62. The van der Waals surface area contributed by atoms with Gasteiger partial charge in [-0.2, -0.15) is 4.98 Å². The first-order valence-electron chi connectivity index (χ1n) is 6.62. The summed E-state index contributed by atoms with van der Waals surface area (Å²) < 4.78 is 10.4. The third-order valence-corrected chi connectivity index (χ3v) is 3.17. The first kappa shape index (κ1) is 12.8. The number of carbonyl (C=O) groups is 1. The summed E-state index contributed by atoms with van der Waals surface area (Å²) >= 11 is 0. The van der Waals surface area contributed by atoms with Crippen LogP contribution in [0.1, 0.15) is 23.5 Å². The van der Waals surface area contributed by atoms with Gasteiger partial charge in [0.25, 0.3) is 0 Å². The summed E-state index contributed by atoms with van der Waals surface area (Å²) in [6, 6.07) is 9.38. The number of amides is 1. The fourth-order valence-corrected chi connectivity index (χ4v) is 2.11. The van der Waals surface area contributed by atoms with Gasteiger partial charge in [0.2, 0.25) is 5.82 Å². The fourth-order valence-electron chi connectivity index (χ4n) is 2.11. The van der Waals surface area contributed by atoms with E-state index in [0.717, 1.165) is 25.0 Å². The van der Waals surface area contributed by atoms with Gasteiger partial charge in [-0.25, -0.2) is 0 Å². The first-order chi connectivity index (χ1) is 9.83. The molecule has 3 rings (SSSR count). The van der Waals surface area contributed by atoms with Gasteiger partial charge in [-0.1, -0.05) is 35.5 Å². The lowest BCUT2D eigenvalue weighted by molar-refractivity contribution is 0.0822. The minimum atomic E-state index is -0.366. The normalized spacial score (nSPS) is 18.1. The summed E-state index contributed by atoms with van der Waals surface area (Å²) in [4.78, 5) is 16.0. The molecule has 1 atom stereocenters. The Kier molecular flexibility index (Phi) is 3.73. The highest BCUT2D eigenvalue weighted by molar-refractivity contribution is 5.89. The van der Waals surface area contributed by atoms with Crippen molar-refractivity contribution >= 4 is 5.91 Å². The third-order valence-electron chi connectivity index (χ3n) is 3.17. The molecular weight excluding hydrogens is 258 g/mol. The van der Waals surface area contributed by atoms with Crippen LogP contribution >= 0.6 is 0 Å². The van der Waals surface area contributed by atoms with Crippen molar-refractivity contribution in [2.45, 2.75) is 18.9 Å². The van der Waals surface area contributed by atoms with Gasteiger partial charge in [0.1, 0.15) is 0 Å². The minimum Gasteiger partial charge on any atom is -0.376 e. The van der Waals surface area contributed by atoms with Crippen LogP contribution in [0.4, 0.5) is 0 Å². The molecule has 1 aromatic carbocycles. The van der Waals surface area contributed by atoms with Crippen molar-refractivity contribution in [3.63, 3.8) is 0 Å². The summed E-state index contributed by atoms with van der Waals surface area (Å²) in [6.45, 7) is 1.24. The summed E-state index contributed by atoms with van der Waals surface area (Å²) in [5, 5.41) is 6.55. The molecule has 0 saturated carbocycles. The zero-order chi connectivity index (χ0) is 13.8. The van der Waals surface area contributed by atoms with Gasteiger partial charge in [-0.3, -0.25) is 4.79 Å². The molecule has 1 aliphatic rings. The van der Waals surface area contributed by atoms with Crippen LogP contribution in [0, 0.1) is 0 Å². The molecule has 6 nitrogen and oxygen atoms in total. The molecule has 1 saturated heterocycles. The second-order valence-corrected chi connectivity index (χ2v) is 4.63. The highest BCUT2D eigenvalue weighted by atomic mass is 16.5. The molecule has 1 unspecified atom stereocenters. The Morgan fingerprint density at radius 1 is 1.35 bits per heavy atom. The number of ether oxygens (including phenoxy) is 1. The number of benzene rings is 1. The Morgan fingerprint density at radius 2 is 2.20 bits per heavy atom. The molecule has 0 aliphatic carbocycles. The molecule has 1 aliphatic heterocycles. The maximum atomic E-state index is 11.9. The minimum absolute atomic E-state index is 0.0261. The largest absolute Gasteiger partial charge is 0.376 e. The van der Waals surface area contributed by atoms with Crippen molar-refractivity contribution in [3.8, 4) is 11.4 Å². The van der Waals surface area contributed by atoms with E-state index in [1.54, 1.807) is 0 Å². The molecule has 1 aromatic heterocycles. The van der Waals surface area contributed by atoms with Crippen LogP contribution in [0.15, 0.2) is 34.9 Å². The third kappa shape index (κ3) is 2.85. The number of hydrogen-bond acceptors (Lipinski definition) is 5. The molecule has 0 bridgehead atoms. The van der Waals surface area contributed by atoms with Gasteiger partial charge in [0.15, 0.2) is 0 Å². The van der Waals surface area contributed by atoms with Gasteiger partial charge < -0.3 is 14.6 Å². The maximum absolute atomic E-state index is 11.9. The molecule has 1 fully saturated rings. The molecule has 2 heterocycles. The zero-order valence-corrected chi connectivity index (χ0v) is 10.9. The van der Waals surface area contributed by atoms with Crippen molar-refractivity contribution < 1.29 is 14.1 Å². The number of carbonyl (C=O) groups excluding carboxylic acids is 1. The van der Waals surface area contributed by atoms with Gasteiger partial charge in [-0.05, 0) is 12.8 Å². The van der Waals surface area contributed by atoms with Crippen LogP contribution in [0.2, 0.25) is 0 Å². The van der Waals surface area contributed by atoms with Gasteiger partial charge >= 0.3 is 11.8 Å². The monoisotopic (exact) mass is 273 g/mol. The summed E-state index contributed by atoms with van der Waals surface area (Å²) in [7, 11) is 0. The van der Waals surface area contributed by atoms with Crippen molar-refractivity contribution in [1.82, 2.24) is 15.5 Å². The van der Waals surface area contributed by atoms with Crippen LogP contribution in [0.25, 0.3) is 11.4 Å². The van der Waals surface area contributed by atoms with Crippen LogP contribution in [0.3, 0.4) is 0 Å². The summed E-state index contributed by atoms with van der Waals surface area (Å²) in [5.41, 5.74) is 0.814. The zero-order valence-electron chi connectivity index (χ0n) is 10.9. The van der Waals surface area contributed by atoms with Crippen molar-refractivity contribution in [2.24, 2.45) is 0 Å². The van der Waals surface area contributed by atoms with Crippen LogP contribution in [-0.4, -0.2) is 35.3 Å². The van der Waals surface area contributed by atoms with E-state index in [-0.39, 0.29) is 17.9 Å². The van der Waals surface area contributed by atoms with Crippen LogP contribution < -0.4 is 5.32 Å². The number of nitrogens with one attached hydrogen (secondary N) is 1. The molecule has 104 valence electrons. The molecule has 6 heteroatoms. The van der Waals surface area contributed by atoms with E-state index in [0.29, 0.717) is 12.4 Å². The Hall–Kier alpha value is -2.21. The molecule has 1 amide bonds. The van der Waals surface area contributed by atoms with E-state index in [1.165, 1.54) is 0 Å². The van der Waals surface area contributed by atoms with Crippen molar-refractivity contribution in [1.29, 1.82) is 0 Å². The topological polar surface area (TPSA) is 77.2 Å². The molecule has 2 aromatic rings. The van der Waals surface area contributed by atoms with Crippen molar-refractivity contribution in [3.05, 3.63) is 36.2 Å². The molecule has 0 spiro atoms. The lowest BCUT2D eigenvalue weighted by atomic mass is 10.2. The van der Waals surface area contributed by atoms with E-state index in [4.69, 9.17) is 9.26 Å². The SMILES string of the molecule is O=C(NCC1CCCO1)c1nc(-c2ccccc2)no1. The maximum Gasteiger partial charge on any atom is 0.316 e. The Labute approximate surface area is 116 Å². The van der Waals surface area contributed by atoms with Crippen LogP contribution in [0.5, 0.6) is 0 Å². The average molecular weight is 273 g/mol. The number of nitrogens with zero attached hydrogens (tertiary/aromatic N) is 2. The highest BCUT2D eigenvalue weighted by Gasteiger charge is 2.20. The quantitative estimate of drug-likeness (QED) is 0.916. The Morgan fingerprint density at radius 3 is 2.95 bits per heavy atom. The van der Waals surface area contributed by atoms with Gasteiger partial charge in [0, 0.05) is 18.7 Å². The predicted octanol–water partition coefficient (Wildman–Crippen LogP) is 1.65. The van der Waals surface area contributed by atoms with E-state index in [1.807, 2.05) is 30.3 Å². The van der Waals surface area contributed by atoms with E-state index in [9.17, 15) is 4.79 Å². The lowest BCUT2D eigenvalue weighted by Gasteiger charge is -2.08. The van der Waals surface area contributed by atoms with E-state index < -0.39 is 0 Å². The number of aromatic nitrogens is 2. The lowest BCUT2D eigenvalue weighted by Crippen LogP contribution is -2.31. The van der Waals surface area contributed by atoms with Gasteiger partial charge in [0.05, 0.1) is 6.10 Å². The smallest absolute Gasteiger partial charge is 0.316 e. The summed E-state index contributed by atoms with van der Waals surface area (Å²) in [5.74, 6) is 0.0184. The van der Waals surface area contributed by atoms with Crippen LogP contribution in [-0.2, 0) is 4.74 Å². The molecular formula is C14H15N3O3. The number of rotatable bonds is 4. The molecule has 1 N–H and O–H groups in total. The van der Waals surface area contributed by atoms with Gasteiger partial charge in [-0.15, -0.1) is 0 Å². The van der Waals surface area contributed by atoms with E-state index >= 15 is 0 Å². The van der Waals surface area contributed by atoms with Crippen molar-refractivity contribution in [2.75, 3.05) is 13.2 Å². The second-order valence-electron chi connectivity index (χ2n) is 4.63. The standard InChI is InChI=1S/C14H15N3O3/c18-13(15-9-11-7-4-8-19-11)14-16-12(17-20-14)10-5-2-1-3-6-10/h1-3,5-6,11H,4,7-9H2,(H,15,18). The molecule has 0 radical (unpaired) electrons. The second kappa shape index (κ2) is 5.83. The highest BCUT2D eigenvalue weighted by Crippen LogP contribution is 2.15.